The van der Waals surface area contributed by atoms with Crippen LogP contribution in [0.15, 0.2) is 12.5 Å². The number of hydrazine groups is 1. The monoisotopic (exact) mass is 136 g/mol. The summed E-state index contributed by atoms with van der Waals surface area (Å²) in [5.41, 5.74) is 2.13. The fraction of sp³-hybridized carbons (Fsp3) is 0. The van der Waals surface area contributed by atoms with E-state index in [1.165, 1.54) is 12.5 Å². The Labute approximate surface area is 48.3 Å². The predicted molar refractivity (Wildman–Crippen MR) is 26.0 cm³/mol. The summed E-state index contributed by atoms with van der Waals surface area (Å²) in [6, 6.07) is 0. The van der Waals surface area contributed by atoms with Crippen LogP contribution in [0.25, 0.3) is 0 Å². The first kappa shape index (κ1) is 5.54. The van der Waals surface area contributed by atoms with Crippen molar-refractivity contribution in [2.24, 2.45) is 0 Å². The van der Waals surface area contributed by atoms with Crippen molar-refractivity contribution in [1.29, 1.82) is 0 Å². The van der Waals surface area contributed by atoms with Gasteiger partial charge in [-0.05, 0) is 0 Å². The van der Waals surface area contributed by atoms with E-state index in [-0.39, 0.29) is 0 Å². The molecule has 0 aromatic heterocycles. The summed E-state index contributed by atoms with van der Waals surface area (Å²) < 4.78 is 19.2. The minimum absolute atomic E-state index is 0.903. The number of nitrogens with zero attached hydrogens (tertiary/aromatic N) is 1. The first-order chi connectivity index (χ1) is 3.80. The molecule has 1 aliphatic heterocycles. The van der Waals surface area contributed by atoms with E-state index < -0.39 is 11.3 Å². The summed E-state index contributed by atoms with van der Waals surface area (Å²) in [6.07, 6.45) is 2.56. The lowest BCUT2D eigenvalue weighted by Gasteiger charge is -2.05. The minimum atomic E-state index is -2.03. The maximum Gasteiger partial charge on any atom is 0.279 e. The zero-order chi connectivity index (χ0) is 5.98. The third kappa shape index (κ3) is 0.971. The molecule has 2 N–H and O–H groups in total. The average Bonchev–Trinajstić information content (AvgIpc) is 2.12. The molecule has 0 saturated heterocycles. The van der Waals surface area contributed by atoms with Crippen LogP contribution in [0.5, 0.6) is 0 Å². The van der Waals surface area contributed by atoms with E-state index in [1.807, 2.05) is 0 Å². The van der Waals surface area contributed by atoms with Gasteiger partial charge in [-0.25, -0.2) is 4.21 Å². The van der Waals surface area contributed by atoms with Crippen LogP contribution in [-0.2, 0) is 16.1 Å². The van der Waals surface area contributed by atoms with Gasteiger partial charge in [0.05, 0.1) is 6.20 Å². The molecule has 0 aromatic rings. The van der Waals surface area contributed by atoms with Gasteiger partial charge in [0.15, 0.2) is 0 Å². The Morgan fingerprint density at radius 3 is 2.88 bits per heavy atom. The van der Waals surface area contributed by atoms with Gasteiger partial charge in [0, 0.05) is 0 Å². The van der Waals surface area contributed by atoms with E-state index in [4.69, 9.17) is 4.55 Å². The Balaban J connectivity index is 2.48. The van der Waals surface area contributed by atoms with E-state index >= 15 is 0 Å². The van der Waals surface area contributed by atoms with E-state index in [0.29, 0.717) is 0 Å². The van der Waals surface area contributed by atoms with Crippen LogP contribution < -0.4 is 5.59 Å². The molecule has 0 fully saturated rings. The quantitative estimate of drug-likeness (QED) is 0.470. The van der Waals surface area contributed by atoms with Crippen molar-refractivity contribution >= 4 is 11.3 Å². The minimum Gasteiger partial charge on any atom is -0.394 e. The molecule has 1 atom stereocenters. The highest BCUT2D eigenvalue weighted by molar-refractivity contribution is 7.76. The Kier molecular flexibility index (Phi) is 1.47. The lowest BCUT2D eigenvalue weighted by Crippen LogP contribution is -2.28. The molecule has 5 nitrogen and oxygen atoms in total. The third-order valence-corrected chi connectivity index (χ3v) is 1.11. The Morgan fingerprint density at radius 2 is 2.62 bits per heavy atom. The summed E-state index contributed by atoms with van der Waals surface area (Å²) in [5, 5.41) is 0. The number of hydrogen-bond donors (Lipinski definition) is 2. The molecule has 1 unspecified atom stereocenters. The van der Waals surface area contributed by atoms with Crippen LogP contribution >= 0.6 is 0 Å². The molecule has 0 radical (unpaired) electrons. The van der Waals surface area contributed by atoms with E-state index in [9.17, 15) is 4.21 Å². The van der Waals surface area contributed by atoms with Gasteiger partial charge in [0.1, 0.15) is 6.26 Å². The van der Waals surface area contributed by atoms with Crippen LogP contribution in [0.1, 0.15) is 0 Å². The van der Waals surface area contributed by atoms with Gasteiger partial charge < -0.3 is 4.84 Å². The molecular weight excluding hydrogens is 132 g/mol. The normalized spacial score (nSPS) is 20.9. The van der Waals surface area contributed by atoms with Crippen LogP contribution in [0.3, 0.4) is 0 Å². The van der Waals surface area contributed by atoms with Crippen LogP contribution in [0.4, 0.5) is 0 Å². The molecule has 6 heteroatoms. The molecule has 0 aliphatic carbocycles. The van der Waals surface area contributed by atoms with Crippen molar-refractivity contribution in [1.82, 2.24) is 10.0 Å². The molecule has 0 bridgehead atoms. The Morgan fingerprint density at radius 1 is 1.88 bits per heavy atom. The first-order valence-corrected chi connectivity index (χ1v) is 2.85. The fourth-order valence-corrected chi connectivity index (χ4v) is 0.543. The molecule has 8 heavy (non-hydrogen) atoms. The van der Waals surface area contributed by atoms with E-state index in [0.717, 1.165) is 4.41 Å². The van der Waals surface area contributed by atoms with Gasteiger partial charge in [-0.1, -0.05) is 5.59 Å². The van der Waals surface area contributed by atoms with Gasteiger partial charge in [-0.15, -0.1) is 0 Å². The summed E-state index contributed by atoms with van der Waals surface area (Å²) >= 11 is -2.03. The van der Waals surface area contributed by atoms with Crippen LogP contribution in [0, 0.1) is 0 Å². The van der Waals surface area contributed by atoms with Crippen molar-refractivity contribution < 1.29 is 13.6 Å². The standard InChI is InChI=1S/C2H4N2O3S/c5-8(6)4-1-2-7-3-4/h1-3H,(H,5,6). The SMILES string of the molecule is O=S(O)N1C=CON1. The molecule has 1 heterocycles. The number of nitrogens with one attached hydrogen (secondary N) is 1. The van der Waals surface area contributed by atoms with Crippen molar-refractivity contribution in [3.63, 3.8) is 0 Å². The topological polar surface area (TPSA) is 61.8 Å². The van der Waals surface area contributed by atoms with Crippen LogP contribution in [-0.4, -0.2) is 13.2 Å². The maximum absolute atomic E-state index is 10.0. The highest BCUT2D eigenvalue weighted by atomic mass is 32.2. The van der Waals surface area contributed by atoms with Gasteiger partial charge in [0.25, 0.3) is 11.3 Å². The summed E-state index contributed by atoms with van der Waals surface area (Å²) in [7, 11) is 0. The summed E-state index contributed by atoms with van der Waals surface area (Å²) in [6.45, 7) is 0. The summed E-state index contributed by atoms with van der Waals surface area (Å²) in [4.78, 5) is 4.36. The fourth-order valence-electron chi connectivity index (χ4n) is 0.282. The summed E-state index contributed by atoms with van der Waals surface area (Å²) in [5.74, 6) is 0. The molecule has 0 aromatic carbocycles. The average molecular weight is 136 g/mol. The van der Waals surface area contributed by atoms with Gasteiger partial charge in [0.2, 0.25) is 0 Å². The molecule has 0 saturated carbocycles. The lowest BCUT2D eigenvalue weighted by atomic mass is 11.0. The zero-order valence-corrected chi connectivity index (χ0v) is 4.59. The van der Waals surface area contributed by atoms with Crippen LogP contribution in [0.2, 0.25) is 0 Å². The van der Waals surface area contributed by atoms with Crippen molar-refractivity contribution in [3.05, 3.63) is 12.5 Å². The largest absolute Gasteiger partial charge is 0.394 e. The van der Waals surface area contributed by atoms with Gasteiger partial charge in [-0.3, -0.25) is 4.55 Å². The van der Waals surface area contributed by atoms with Gasteiger partial charge in [-0.2, -0.15) is 4.41 Å². The molecular formula is C2H4N2O3S. The zero-order valence-electron chi connectivity index (χ0n) is 3.77. The molecule has 1 aliphatic rings. The highest BCUT2D eigenvalue weighted by Gasteiger charge is 2.08. The Hall–Kier alpha value is -0.590. The van der Waals surface area contributed by atoms with Crippen molar-refractivity contribution in [2.75, 3.05) is 0 Å². The highest BCUT2D eigenvalue weighted by Crippen LogP contribution is 1.94. The van der Waals surface area contributed by atoms with Gasteiger partial charge >= 0.3 is 0 Å². The number of rotatable bonds is 1. The lowest BCUT2D eigenvalue weighted by molar-refractivity contribution is 0.0826. The first-order valence-electron chi connectivity index (χ1n) is 1.79. The van der Waals surface area contributed by atoms with E-state index in [2.05, 4.69) is 10.4 Å². The van der Waals surface area contributed by atoms with E-state index in [1.54, 1.807) is 0 Å². The smallest absolute Gasteiger partial charge is 0.279 e. The third-order valence-electron chi connectivity index (χ3n) is 0.575. The maximum atomic E-state index is 10.0. The Bertz CT molecular complexity index is 135. The second kappa shape index (κ2) is 2.12. The second-order valence-corrected chi connectivity index (χ2v) is 1.91. The second-order valence-electron chi connectivity index (χ2n) is 1.05. The van der Waals surface area contributed by atoms with Crippen molar-refractivity contribution in [3.8, 4) is 0 Å². The number of hydrogen-bond acceptors (Lipinski definition) is 3. The molecule has 0 amide bonds. The van der Waals surface area contributed by atoms with Crippen molar-refractivity contribution in [2.45, 2.75) is 0 Å². The molecule has 46 valence electrons. The molecule has 1 rings (SSSR count). The predicted octanol–water partition coefficient (Wildman–Crippen LogP) is -0.654. The molecule has 0 spiro atoms.